The normalized spacial score (nSPS) is 19.0. The molecule has 1 aliphatic rings. The van der Waals surface area contributed by atoms with Crippen molar-refractivity contribution in [2.24, 2.45) is 0 Å². The van der Waals surface area contributed by atoms with Gasteiger partial charge in [-0.15, -0.1) is 0 Å². The summed E-state index contributed by atoms with van der Waals surface area (Å²) in [6, 6.07) is 13.6. The number of aromatic nitrogens is 2. The molecule has 32 heavy (non-hydrogen) atoms. The average molecular weight is 454 g/mol. The molecule has 3 heterocycles. The second-order valence-electron chi connectivity index (χ2n) is 8.06. The third-order valence-corrected chi connectivity index (χ3v) is 5.91. The molecule has 2 amide bonds. The Morgan fingerprint density at radius 2 is 1.81 bits per heavy atom. The van der Waals surface area contributed by atoms with Gasteiger partial charge in [0.1, 0.15) is 11.3 Å². The number of rotatable bonds is 2. The van der Waals surface area contributed by atoms with Gasteiger partial charge < -0.3 is 19.9 Å². The summed E-state index contributed by atoms with van der Waals surface area (Å²) in [5.41, 5.74) is 2.20. The molecule has 1 saturated heterocycles. The Balaban J connectivity index is 1.42. The lowest BCUT2D eigenvalue weighted by molar-refractivity contribution is -0.121. The number of benzene rings is 1. The summed E-state index contributed by atoms with van der Waals surface area (Å²) in [6.07, 6.45) is 6.34. The highest BCUT2D eigenvalue weighted by Crippen LogP contribution is 2.17. The van der Waals surface area contributed by atoms with Crippen LogP contribution >= 0.6 is 11.6 Å². The molecule has 1 atom stereocenters. The largest absolute Gasteiger partial charge is 0.356 e. The van der Waals surface area contributed by atoms with Gasteiger partial charge in [0, 0.05) is 44.5 Å². The molecule has 0 saturated carbocycles. The average Bonchev–Trinajstić information content (AvgIpc) is 3.22. The maximum atomic E-state index is 13.2. The van der Waals surface area contributed by atoms with Crippen molar-refractivity contribution in [2.45, 2.75) is 31.7 Å². The van der Waals surface area contributed by atoms with Gasteiger partial charge in [-0.05, 0) is 43.5 Å². The minimum atomic E-state index is -0.0962. The maximum Gasteiger partial charge on any atom is 0.274 e. The predicted octanol–water partition coefficient (Wildman–Crippen LogP) is 3.45. The molecular weight excluding hydrogens is 426 g/mol. The van der Waals surface area contributed by atoms with Gasteiger partial charge in [0.2, 0.25) is 5.91 Å². The molecule has 0 spiro atoms. The van der Waals surface area contributed by atoms with Crippen LogP contribution < -0.4 is 10.6 Å². The molecule has 1 aliphatic heterocycles. The van der Waals surface area contributed by atoms with Gasteiger partial charge in [-0.2, -0.15) is 0 Å². The molecule has 2 aromatic heterocycles. The van der Waals surface area contributed by atoms with E-state index in [9.17, 15) is 9.59 Å². The number of nitrogens with zero attached hydrogens (tertiary/aromatic N) is 3. The molecular formula is C24H28ClN5O2. The standard InChI is InChI=1S/C24H28ClN5O2/c25-19-9-10-22-28-21(17-30(22)16-19)24(32)29-13-5-4-11-26-20(18-7-2-1-3-8-18)15-23(31)27-12-6-14-29/h1-3,7-10,16-17,20,26H,4-6,11-15H2,(H,27,31). The van der Waals surface area contributed by atoms with Crippen molar-refractivity contribution in [1.29, 1.82) is 0 Å². The fourth-order valence-corrected chi connectivity index (χ4v) is 4.17. The summed E-state index contributed by atoms with van der Waals surface area (Å²) in [7, 11) is 0. The summed E-state index contributed by atoms with van der Waals surface area (Å²) >= 11 is 6.05. The first-order valence-corrected chi connectivity index (χ1v) is 11.5. The number of amides is 2. The van der Waals surface area contributed by atoms with Crippen molar-refractivity contribution in [2.75, 3.05) is 26.2 Å². The highest BCUT2D eigenvalue weighted by Gasteiger charge is 2.20. The van der Waals surface area contributed by atoms with E-state index in [2.05, 4.69) is 15.6 Å². The fourth-order valence-electron chi connectivity index (χ4n) is 4.00. The number of imidazole rings is 1. The second-order valence-corrected chi connectivity index (χ2v) is 8.50. The molecule has 0 radical (unpaired) electrons. The Labute approximate surface area is 192 Å². The molecule has 1 fully saturated rings. The number of nitrogens with one attached hydrogen (secondary N) is 2. The van der Waals surface area contributed by atoms with E-state index in [0.717, 1.165) is 24.9 Å². The number of carbonyl (C=O) groups is 2. The Morgan fingerprint density at radius 3 is 2.66 bits per heavy atom. The Kier molecular flexibility index (Phi) is 7.39. The van der Waals surface area contributed by atoms with E-state index in [1.165, 1.54) is 0 Å². The van der Waals surface area contributed by atoms with Crippen LogP contribution in [0.25, 0.3) is 5.65 Å². The Hall–Kier alpha value is -2.90. The van der Waals surface area contributed by atoms with Crippen molar-refractivity contribution >= 4 is 29.1 Å². The van der Waals surface area contributed by atoms with E-state index < -0.39 is 0 Å². The van der Waals surface area contributed by atoms with Crippen LogP contribution in [-0.4, -0.2) is 52.3 Å². The van der Waals surface area contributed by atoms with Gasteiger partial charge >= 0.3 is 0 Å². The molecule has 0 aliphatic carbocycles. The summed E-state index contributed by atoms with van der Waals surface area (Å²) in [5.74, 6) is -0.0816. The van der Waals surface area contributed by atoms with Crippen LogP contribution in [0.3, 0.4) is 0 Å². The lowest BCUT2D eigenvalue weighted by Gasteiger charge is -2.22. The topological polar surface area (TPSA) is 78.7 Å². The van der Waals surface area contributed by atoms with Crippen LogP contribution in [0.15, 0.2) is 54.9 Å². The first-order valence-electron chi connectivity index (χ1n) is 11.1. The van der Waals surface area contributed by atoms with E-state index in [-0.39, 0.29) is 17.9 Å². The number of hydrogen-bond acceptors (Lipinski definition) is 4. The van der Waals surface area contributed by atoms with E-state index in [1.807, 2.05) is 35.2 Å². The molecule has 4 rings (SSSR count). The Morgan fingerprint density at radius 1 is 1.00 bits per heavy atom. The molecule has 8 heteroatoms. The maximum absolute atomic E-state index is 13.2. The zero-order valence-electron chi connectivity index (χ0n) is 18.0. The monoisotopic (exact) mass is 453 g/mol. The van der Waals surface area contributed by atoms with Crippen LogP contribution in [0.4, 0.5) is 0 Å². The van der Waals surface area contributed by atoms with Gasteiger partial charge in [-0.25, -0.2) is 4.98 Å². The molecule has 168 valence electrons. The highest BCUT2D eigenvalue weighted by atomic mass is 35.5. The number of halogens is 1. The minimum Gasteiger partial charge on any atom is -0.356 e. The molecule has 2 N–H and O–H groups in total. The molecule has 1 aromatic carbocycles. The van der Waals surface area contributed by atoms with Crippen molar-refractivity contribution < 1.29 is 9.59 Å². The minimum absolute atomic E-state index is 0.0144. The first kappa shape index (κ1) is 22.3. The number of hydrogen-bond donors (Lipinski definition) is 2. The summed E-state index contributed by atoms with van der Waals surface area (Å²) in [5, 5.41) is 7.10. The summed E-state index contributed by atoms with van der Waals surface area (Å²) in [6.45, 7) is 2.54. The third-order valence-electron chi connectivity index (χ3n) is 5.69. The van der Waals surface area contributed by atoms with Gasteiger partial charge in [-0.1, -0.05) is 41.9 Å². The smallest absolute Gasteiger partial charge is 0.274 e. The number of pyridine rings is 1. The van der Waals surface area contributed by atoms with Crippen molar-refractivity contribution in [3.63, 3.8) is 0 Å². The lowest BCUT2D eigenvalue weighted by atomic mass is 10.0. The quantitative estimate of drug-likeness (QED) is 0.623. The van der Waals surface area contributed by atoms with Crippen LogP contribution in [0.2, 0.25) is 5.02 Å². The number of fused-ring (bicyclic) bond motifs is 1. The van der Waals surface area contributed by atoms with Gasteiger partial charge in [0.25, 0.3) is 5.91 Å². The Bertz CT molecular complexity index is 1070. The van der Waals surface area contributed by atoms with Gasteiger partial charge in [0.15, 0.2) is 0 Å². The first-order chi connectivity index (χ1) is 15.6. The van der Waals surface area contributed by atoms with Crippen LogP contribution in [0.1, 0.15) is 47.8 Å². The second kappa shape index (κ2) is 10.6. The molecule has 3 aromatic rings. The highest BCUT2D eigenvalue weighted by molar-refractivity contribution is 6.30. The zero-order valence-corrected chi connectivity index (χ0v) is 18.7. The van der Waals surface area contributed by atoms with E-state index in [4.69, 9.17) is 11.6 Å². The lowest BCUT2D eigenvalue weighted by Crippen LogP contribution is -2.35. The molecule has 1 unspecified atom stereocenters. The van der Waals surface area contributed by atoms with Crippen molar-refractivity contribution in [1.82, 2.24) is 24.9 Å². The van der Waals surface area contributed by atoms with Crippen LogP contribution in [-0.2, 0) is 4.79 Å². The third kappa shape index (κ3) is 5.66. The van der Waals surface area contributed by atoms with E-state index >= 15 is 0 Å². The van der Waals surface area contributed by atoms with Crippen molar-refractivity contribution in [3.05, 3.63) is 71.1 Å². The van der Waals surface area contributed by atoms with Crippen LogP contribution in [0.5, 0.6) is 0 Å². The van der Waals surface area contributed by atoms with Crippen molar-refractivity contribution in [3.8, 4) is 0 Å². The van der Waals surface area contributed by atoms with Gasteiger partial charge in [0.05, 0.1) is 5.02 Å². The fraction of sp³-hybridized carbons (Fsp3) is 0.375. The van der Waals surface area contributed by atoms with Gasteiger partial charge in [-0.3, -0.25) is 9.59 Å². The molecule has 7 nitrogen and oxygen atoms in total. The summed E-state index contributed by atoms with van der Waals surface area (Å²) in [4.78, 5) is 31.9. The van der Waals surface area contributed by atoms with Crippen LogP contribution in [0, 0.1) is 0 Å². The number of carbonyl (C=O) groups excluding carboxylic acids is 2. The van der Waals surface area contributed by atoms with E-state index in [1.54, 1.807) is 28.9 Å². The predicted molar refractivity (Wildman–Crippen MR) is 125 cm³/mol. The summed E-state index contributed by atoms with van der Waals surface area (Å²) < 4.78 is 1.77. The zero-order chi connectivity index (χ0) is 22.3. The SMILES string of the molecule is O=C1CC(c2ccccc2)NCCCCN(C(=O)c2cn3cc(Cl)ccc3n2)CCCN1. The molecule has 0 bridgehead atoms. The van der Waals surface area contributed by atoms with E-state index in [0.29, 0.717) is 48.8 Å².